The lowest BCUT2D eigenvalue weighted by molar-refractivity contribution is -0.385. The Balaban J connectivity index is 1.79. The van der Waals surface area contributed by atoms with Crippen LogP contribution in [0.4, 0.5) is 5.69 Å². The third kappa shape index (κ3) is 4.01. The number of hydrogen-bond donors (Lipinski definition) is 0. The SMILES string of the molecule is Cc1c(C(=O)N2CCCN(S(=O)(=O)c3cn(C)c(C)n3)CC2)cccc1[N+](=O)[O-]. The predicted octanol–water partition coefficient (Wildman–Crippen LogP) is 1.48. The lowest BCUT2D eigenvalue weighted by Gasteiger charge is -2.22. The zero-order chi connectivity index (χ0) is 21.3. The van der Waals surface area contributed by atoms with Gasteiger partial charge in [-0.2, -0.15) is 4.31 Å². The van der Waals surface area contributed by atoms with E-state index in [0.717, 1.165) is 0 Å². The smallest absolute Gasteiger partial charge is 0.273 e. The van der Waals surface area contributed by atoms with Gasteiger partial charge in [-0.3, -0.25) is 14.9 Å². The van der Waals surface area contributed by atoms with Gasteiger partial charge in [-0.1, -0.05) is 6.07 Å². The Morgan fingerprint density at radius 1 is 1.17 bits per heavy atom. The number of rotatable bonds is 4. The molecule has 1 aliphatic heterocycles. The molecule has 3 rings (SSSR count). The zero-order valence-corrected chi connectivity index (χ0v) is 17.3. The van der Waals surface area contributed by atoms with Gasteiger partial charge >= 0.3 is 0 Å². The van der Waals surface area contributed by atoms with Crippen LogP contribution in [-0.4, -0.2) is 64.2 Å². The highest BCUT2D eigenvalue weighted by atomic mass is 32.2. The first-order chi connectivity index (χ1) is 13.6. The van der Waals surface area contributed by atoms with Crippen LogP contribution in [0.5, 0.6) is 0 Å². The molecule has 2 heterocycles. The van der Waals surface area contributed by atoms with Crippen molar-refractivity contribution in [3.05, 3.63) is 51.5 Å². The largest absolute Gasteiger partial charge is 0.337 e. The number of sulfonamides is 1. The molecule has 0 atom stereocenters. The van der Waals surface area contributed by atoms with E-state index in [1.165, 1.54) is 22.6 Å². The number of carbonyl (C=O) groups is 1. The second kappa shape index (κ2) is 7.91. The van der Waals surface area contributed by atoms with E-state index in [1.807, 2.05) is 0 Å². The van der Waals surface area contributed by atoms with Gasteiger partial charge in [0, 0.05) is 56.6 Å². The number of imidazole rings is 1. The maximum atomic E-state index is 12.9. The normalized spacial score (nSPS) is 15.9. The number of amides is 1. The van der Waals surface area contributed by atoms with Crippen LogP contribution in [0.3, 0.4) is 0 Å². The molecule has 0 saturated carbocycles. The molecule has 0 N–H and O–H groups in total. The molecule has 29 heavy (non-hydrogen) atoms. The molecular formula is C18H23N5O5S. The van der Waals surface area contributed by atoms with Crippen LogP contribution in [0, 0.1) is 24.0 Å². The highest BCUT2D eigenvalue weighted by Crippen LogP contribution is 2.23. The van der Waals surface area contributed by atoms with Crippen molar-refractivity contribution < 1.29 is 18.1 Å². The highest BCUT2D eigenvalue weighted by Gasteiger charge is 2.31. The van der Waals surface area contributed by atoms with E-state index in [0.29, 0.717) is 24.4 Å². The standard InChI is InChI=1S/C18H23N5O5S/c1-13-15(6-4-7-16(13)23(25)26)18(24)21-8-5-9-22(11-10-21)29(27,28)17-12-20(3)14(2)19-17/h4,6-7,12H,5,8-11H2,1-3H3. The molecule has 0 aliphatic carbocycles. The van der Waals surface area contributed by atoms with Gasteiger partial charge in [0.05, 0.1) is 4.92 Å². The van der Waals surface area contributed by atoms with E-state index in [9.17, 15) is 23.3 Å². The van der Waals surface area contributed by atoms with Crippen molar-refractivity contribution >= 4 is 21.6 Å². The number of benzene rings is 1. The molecule has 1 saturated heterocycles. The van der Waals surface area contributed by atoms with Crippen LogP contribution >= 0.6 is 0 Å². The number of nitro groups is 1. The third-order valence-electron chi connectivity index (χ3n) is 5.17. The predicted molar refractivity (Wildman–Crippen MR) is 105 cm³/mol. The van der Waals surface area contributed by atoms with E-state index in [2.05, 4.69) is 4.98 Å². The third-order valence-corrected chi connectivity index (χ3v) is 6.94. The zero-order valence-electron chi connectivity index (χ0n) is 16.5. The van der Waals surface area contributed by atoms with Crippen LogP contribution in [0.25, 0.3) is 0 Å². The van der Waals surface area contributed by atoms with Crippen LogP contribution in [0.2, 0.25) is 0 Å². The number of nitrogens with zero attached hydrogens (tertiary/aromatic N) is 5. The second-order valence-electron chi connectivity index (χ2n) is 6.99. The molecule has 156 valence electrons. The average molecular weight is 421 g/mol. The minimum absolute atomic E-state index is 0.00759. The summed E-state index contributed by atoms with van der Waals surface area (Å²) in [5.74, 6) is 0.260. The number of aryl methyl sites for hydroxylation is 2. The van der Waals surface area contributed by atoms with E-state index in [-0.39, 0.29) is 41.8 Å². The van der Waals surface area contributed by atoms with E-state index >= 15 is 0 Å². The molecule has 1 aromatic heterocycles. The fourth-order valence-electron chi connectivity index (χ4n) is 3.34. The van der Waals surface area contributed by atoms with Crippen molar-refractivity contribution in [2.45, 2.75) is 25.3 Å². The maximum absolute atomic E-state index is 12.9. The van der Waals surface area contributed by atoms with Gasteiger partial charge in [-0.15, -0.1) is 0 Å². The van der Waals surface area contributed by atoms with Crippen LogP contribution in [0.1, 0.15) is 28.2 Å². The molecule has 1 aliphatic rings. The van der Waals surface area contributed by atoms with Crippen molar-refractivity contribution in [2.24, 2.45) is 7.05 Å². The quantitative estimate of drug-likeness (QED) is 0.545. The van der Waals surface area contributed by atoms with Crippen molar-refractivity contribution in [2.75, 3.05) is 26.2 Å². The second-order valence-corrected chi connectivity index (χ2v) is 8.88. The summed E-state index contributed by atoms with van der Waals surface area (Å²) in [6.45, 7) is 4.25. The van der Waals surface area contributed by atoms with Crippen molar-refractivity contribution in [3.8, 4) is 0 Å². The highest BCUT2D eigenvalue weighted by molar-refractivity contribution is 7.89. The lowest BCUT2D eigenvalue weighted by atomic mass is 10.1. The van der Waals surface area contributed by atoms with E-state index < -0.39 is 14.9 Å². The summed E-state index contributed by atoms with van der Waals surface area (Å²) >= 11 is 0. The van der Waals surface area contributed by atoms with E-state index in [1.54, 1.807) is 36.4 Å². The molecular weight excluding hydrogens is 398 g/mol. The summed E-state index contributed by atoms with van der Waals surface area (Å²) in [5, 5.41) is 11.1. The minimum atomic E-state index is -3.75. The number of nitro benzene ring substituents is 1. The van der Waals surface area contributed by atoms with Gasteiger partial charge in [-0.05, 0) is 26.3 Å². The van der Waals surface area contributed by atoms with Crippen LogP contribution in [-0.2, 0) is 17.1 Å². The Morgan fingerprint density at radius 3 is 2.52 bits per heavy atom. The first-order valence-corrected chi connectivity index (χ1v) is 10.6. The van der Waals surface area contributed by atoms with Crippen molar-refractivity contribution in [3.63, 3.8) is 0 Å². The van der Waals surface area contributed by atoms with Gasteiger partial charge in [0.1, 0.15) is 5.82 Å². The topological polar surface area (TPSA) is 119 Å². The molecule has 11 heteroatoms. The first-order valence-electron chi connectivity index (χ1n) is 9.16. The molecule has 10 nitrogen and oxygen atoms in total. The van der Waals surface area contributed by atoms with Crippen LogP contribution < -0.4 is 0 Å². The molecule has 1 amide bonds. The summed E-state index contributed by atoms with van der Waals surface area (Å²) < 4.78 is 28.8. The van der Waals surface area contributed by atoms with E-state index in [4.69, 9.17) is 0 Å². The summed E-state index contributed by atoms with van der Waals surface area (Å²) in [4.78, 5) is 29.2. The average Bonchev–Trinajstić information content (AvgIpc) is 2.87. The number of aromatic nitrogens is 2. The summed E-state index contributed by atoms with van der Waals surface area (Å²) in [5.41, 5.74) is 0.455. The fraction of sp³-hybridized carbons (Fsp3) is 0.444. The Kier molecular flexibility index (Phi) is 5.71. The molecule has 0 spiro atoms. The summed E-state index contributed by atoms with van der Waals surface area (Å²) in [7, 11) is -2.03. The van der Waals surface area contributed by atoms with Gasteiger partial charge in [0.25, 0.3) is 21.6 Å². The molecule has 0 unspecified atom stereocenters. The Morgan fingerprint density at radius 2 is 1.90 bits per heavy atom. The van der Waals surface area contributed by atoms with Gasteiger partial charge in [-0.25, -0.2) is 13.4 Å². The molecule has 0 bridgehead atoms. The van der Waals surface area contributed by atoms with Gasteiger partial charge in [0.2, 0.25) is 0 Å². The minimum Gasteiger partial charge on any atom is -0.337 e. The van der Waals surface area contributed by atoms with Crippen molar-refractivity contribution in [1.82, 2.24) is 18.8 Å². The molecule has 1 fully saturated rings. The molecule has 1 aromatic carbocycles. The van der Waals surface area contributed by atoms with Crippen molar-refractivity contribution in [1.29, 1.82) is 0 Å². The van der Waals surface area contributed by atoms with Crippen LogP contribution in [0.15, 0.2) is 29.4 Å². The lowest BCUT2D eigenvalue weighted by Crippen LogP contribution is -2.37. The van der Waals surface area contributed by atoms with Gasteiger partial charge in [0.15, 0.2) is 5.03 Å². The fourth-order valence-corrected chi connectivity index (χ4v) is 4.84. The number of hydrogen-bond acceptors (Lipinski definition) is 6. The van der Waals surface area contributed by atoms with Gasteiger partial charge < -0.3 is 9.47 Å². The molecule has 0 radical (unpaired) electrons. The first kappa shape index (κ1) is 20.9. The Labute approximate surface area is 169 Å². The Hall–Kier alpha value is -2.79. The summed E-state index contributed by atoms with van der Waals surface area (Å²) in [6, 6.07) is 4.40. The number of carbonyl (C=O) groups excluding carboxylic acids is 1. The Bertz CT molecular complexity index is 1040. The monoisotopic (exact) mass is 421 g/mol. The maximum Gasteiger partial charge on any atom is 0.273 e. The molecule has 2 aromatic rings. The summed E-state index contributed by atoms with van der Waals surface area (Å²) in [6.07, 6.45) is 1.94.